The van der Waals surface area contributed by atoms with Gasteiger partial charge in [-0.15, -0.1) is 0 Å². The second-order valence-electron chi connectivity index (χ2n) is 3.69. The molecule has 0 aliphatic heterocycles. The Kier molecular flexibility index (Phi) is 3.72. The number of benzene rings is 1. The standard InChI is InChI=1S/C13H10BrFN2O/c1-8-11(6-3-7-16-8)17-13(18)12-9(14)4-2-5-10(12)15/h2-7H,1H3,(H,17,18). The van der Waals surface area contributed by atoms with Gasteiger partial charge in [-0.2, -0.15) is 0 Å². The van der Waals surface area contributed by atoms with Crippen LogP contribution in [0.3, 0.4) is 0 Å². The zero-order valence-electron chi connectivity index (χ0n) is 9.58. The van der Waals surface area contributed by atoms with Crippen molar-refractivity contribution in [2.75, 3.05) is 5.32 Å². The molecule has 0 saturated carbocycles. The summed E-state index contributed by atoms with van der Waals surface area (Å²) in [5.74, 6) is -1.07. The van der Waals surface area contributed by atoms with Crippen LogP contribution >= 0.6 is 15.9 Å². The number of halogens is 2. The topological polar surface area (TPSA) is 42.0 Å². The van der Waals surface area contributed by atoms with Gasteiger partial charge in [0.15, 0.2) is 0 Å². The van der Waals surface area contributed by atoms with Gasteiger partial charge in [0, 0.05) is 10.7 Å². The lowest BCUT2D eigenvalue weighted by Crippen LogP contribution is -2.15. The summed E-state index contributed by atoms with van der Waals surface area (Å²) in [7, 11) is 0. The largest absolute Gasteiger partial charge is 0.320 e. The average Bonchev–Trinajstić information content (AvgIpc) is 2.32. The van der Waals surface area contributed by atoms with E-state index in [1.165, 1.54) is 12.1 Å². The number of carbonyl (C=O) groups excluding carboxylic acids is 1. The summed E-state index contributed by atoms with van der Waals surface area (Å²) in [5, 5.41) is 2.64. The highest BCUT2D eigenvalue weighted by molar-refractivity contribution is 9.10. The predicted octanol–water partition coefficient (Wildman–Crippen LogP) is 3.54. The SMILES string of the molecule is Cc1ncccc1NC(=O)c1c(F)cccc1Br. The number of amides is 1. The Labute approximate surface area is 112 Å². The van der Waals surface area contributed by atoms with Gasteiger partial charge in [0.1, 0.15) is 5.82 Å². The van der Waals surface area contributed by atoms with E-state index < -0.39 is 11.7 Å². The van der Waals surface area contributed by atoms with Gasteiger partial charge in [0.05, 0.1) is 16.9 Å². The van der Waals surface area contributed by atoms with Crippen LogP contribution in [0.15, 0.2) is 41.0 Å². The lowest BCUT2D eigenvalue weighted by Gasteiger charge is -2.09. The van der Waals surface area contributed by atoms with E-state index in [0.717, 1.165) is 0 Å². The van der Waals surface area contributed by atoms with Crippen molar-refractivity contribution in [1.82, 2.24) is 4.98 Å². The first-order valence-electron chi connectivity index (χ1n) is 5.26. The smallest absolute Gasteiger partial charge is 0.259 e. The van der Waals surface area contributed by atoms with Crippen LogP contribution in [-0.2, 0) is 0 Å². The van der Waals surface area contributed by atoms with Crippen LogP contribution in [0.25, 0.3) is 0 Å². The summed E-state index contributed by atoms with van der Waals surface area (Å²) in [5.41, 5.74) is 1.23. The molecule has 1 amide bonds. The third-order valence-corrected chi connectivity index (χ3v) is 3.11. The summed E-state index contributed by atoms with van der Waals surface area (Å²) in [6.07, 6.45) is 1.63. The zero-order chi connectivity index (χ0) is 13.1. The van der Waals surface area contributed by atoms with Crippen molar-refractivity contribution >= 4 is 27.5 Å². The summed E-state index contributed by atoms with van der Waals surface area (Å²) in [6, 6.07) is 7.82. The van der Waals surface area contributed by atoms with Crippen molar-refractivity contribution in [1.29, 1.82) is 0 Å². The van der Waals surface area contributed by atoms with E-state index in [-0.39, 0.29) is 5.56 Å². The van der Waals surface area contributed by atoms with Crippen LogP contribution in [0.5, 0.6) is 0 Å². The molecule has 0 saturated heterocycles. The van der Waals surface area contributed by atoms with Gasteiger partial charge in [0.25, 0.3) is 5.91 Å². The van der Waals surface area contributed by atoms with E-state index in [4.69, 9.17) is 0 Å². The minimum atomic E-state index is -0.566. The Morgan fingerprint density at radius 3 is 2.78 bits per heavy atom. The van der Waals surface area contributed by atoms with Crippen LogP contribution < -0.4 is 5.32 Å². The van der Waals surface area contributed by atoms with Crippen molar-refractivity contribution in [2.24, 2.45) is 0 Å². The maximum Gasteiger partial charge on any atom is 0.259 e. The van der Waals surface area contributed by atoms with E-state index in [1.54, 1.807) is 31.3 Å². The molecule has 3 nitrogen and oxygen atoms in total. The fourth-order valence-electron chi connectivity index (χ4n) is 1.52. The average molecular weight is 309 g/mol. The van der Waals surface area contributed by atoms with Gasteiger partial charge in [-0.3, -0.25) is 9.78 Å². The van der Waals surface area contributed by atoms with E-state index in [9.17, 15) is 9.18 Å². The normalized spacial score (nSPS) is 10.2. The van der Waals surface area contributed by atoms with Crippen molar-refractivity contribution in [3.05, 3.63) is 58.1 Å². The third kappa shape index (κ3) is 2.56. The number of rotatable bonds is 2. The Hall–Kier alpha value is -1.75. The van der Waals surface area contributed by atoms with E-state index >= 15 is 0 Å². The van der Waals surface area contributed by atoms with Gasteiger partial charge in [-0.05, 0) is 47.1 Å². The summed E-state index contributed by atoms with van der Waals surface area (Å²) in [4.78, 5) is 16.0. The first-order chi connectivity index (χ1) is 8.59. The molecular weight excluding hydrogens is 299 g/mol. The molecule has 1 heterocycles. The lowest BCUT2D eigenvalue weighted by molar-refractivity contribution is 0.102. The van der Waals surface area contributed by atoms with Crippen molar-refractivity contribution in [2.45, 2.75) is 6.92 Å². The van der Waals surface area contributed by atoms with Crippen LogP contribution in [0.4, 0.5) is 10.1 Å². The highest BCUT2D eigenvalue weighted by Crippen LogP contribution is 2.21. The second-order valence-corrected chi connectivity index (χ2v) is 4.54. The van der Waals surface area contributed by atoms with Crippen LogP contribution in [0.2, 0.25) is 0 Å². The van der Waals surface area contributed by atoms with Gasteiger partial charge in [-0.25, -0.2) is 4.39 Å². The predicted molar refractivity (Wildman–Crippen MR) is 71.0 cm³/mol. The first kappa shape index (κ1) is 12.7. The molecule has 5 heteroatoms. The molecule has 0 bridgehead atoms. The number of aryl methyl sites for hydroxylation is 1. The Bertz CT molecular complexity index is 581. The molecule has 0 fully saturated rings. The molecule has 1 N–H and O–H groups in total. The Morgan fingerprint density at radius 1 is 1.33 bits per heavy atom. The van der Waals surface area contributed by atoms with Gasteiger partial charge in [-0.1, -0.05) is 6.07 Å². The van der Waals surface area contributed by atoms with E-state index in [1.807, 2.05) is 0 Å². The van der Waals surface area contributed by atoms with E-state index in [2.05, 4.69) is 26.2 Å². The highest BCUT2D eigenvalue weighted by atomic mass is 79.9. The van der Waals surface area contributed by atoms with Gasteiger partial charge < -0.3 is 5.32 Å². The van der Waals surface area contributed by atoms with Gasteiger partial charge >= 0.3 is 0 Å². The molecule has 1 aromatic carbocycles. The fourth-order valence-corrected chi connectivity index (χ4v) is 2.04. The number of aromatic nitrogens is 1. The minimum Gasteiger partial charge on any atom is -0.320 e. The number of hydrogen-bond acceptors (Lipinski definition) is 2. The highest BCUT2D eigenvalue weighted by Gasteiger charge is 2.16. The summed E-state index contributed by atoms with van der Waals surface area (Å²) >= 11 is 3.16. The maximum absolute atomic E-state index is 13.6. The van der Waals surface area contributed by atoms with Crippen molar-refractivity contribution in [3.8, 4) is 0 Å². The number of anilines is 1. The lowest BCUT2D eigenvalue weighted by atomic mass is 10.2. The number of pyridine rings is 1. The molecular formula is C13H10BrFN2O. The molecule has 18 heavy (non-hydrogen) atoms. The second kappa shape index (κ2) is 5.27. The molecule has 92 valence electrons. The van der Waals surface area contributed by atoms with E-state index in [0.29, 0.717) is 15.9 Å². The Balaban J connectivity index is 2.31. The minimum absolute atomic E-state index is 0.0132. The number of carbonyl (C=O) groups is 1. The van der Waals surface area contributed by atoms with Crippen molar-refractivity contribution in [3.63, 3.8) is 0 Å². The molecule has 0 aliphatic rings. The number of nitrogens with one attached hydrogen (secondary N) is 1. The maximum atomic E-state index is 13.6. The molecule has 0 radical (unpaired) electrons. The summed E-state index contributed by atoms with van der Waals surface area (Å²) in [6.45, 7) is 1.77. The number of hydrogen-bond donors (Lipinski definition) is 1. The third-order valence-electron chi connectivity index (χ3n) is 2.44. The zero-order valence-corrected chi connectivity index (χ0v) is 11.2. The molecule has 0 atom stereocenters. The van der Waals surface area contributed by atoms with Crippen molar-refractivity contribution < 1.29 is 9.18 Å². The molecule has 0 aliphatic carbocycles. The summed E-state index contributed by atoms with van der Waals surface area (Å²) < 4.78 is 14.0. The Morgan fingerprint density at radius 2 is 2.11 bits per heavy atom. The molecule has 0 spiro atoms. The quantitative estimate of drug-likeness (QED) is 0.922. The molecule has 2 rings (SSSR count). The van der Waals surface area contributed by atoms with Crippen LogP contribution in [0.1, 0.15) is 16.1 Å². The van der Waals surface area contributed by atoms with Gasteiger partial charge in [0.2, 0.25) is 0 Å². The monoisotopic (exact) mass is 308 g/mol. The molecule has 0 unspecified atom stereocenters. The fraction of sp³-hybridized carbons (Fsp3) is 0.0769. The molecule has 2 aromatic rings. The first-order valence-corrected chi connectivity index (χ1v) is 6.06. The number of nitrogens with zero attached hydrogens (tertiary/aromatic N) is 1. The van der Waals surface area contributed by atoms with Crippen LogP contribution in [0, 0.1) is 12.7 Å². The molecule has 1 aromatic heterocycles. The van der Waals surface area contributed by atoms with Crippen LogP contribution in [-0.4, -0.2) is 10.9 Å².